The largest absolute Gasteiger partial charge is 0.378 e. The molecular formula is C14H20N2O3S. The quantitative estimate of drug-likeness (QED) is 0.816. The third-order valence-corrected chi connectivity index (χ3v) is 5.80. The summed E-state index contributed by atoms with van der Waals surface area (Å²) in [7, 11) is -3.24. The van der Waals surface area contributed by atoms with E-state index >= 15 is 0 Å². The number of sulfonamides is 1. The molecule has 0 aliphatic carbocycles. The lowest BCUT2D eigenvalue weighted by Crippen LogP contribution is -2.59. The smallest absolute Gasteiger partial charge is 0.218 e. The van der Waals surface area contributed by atoms with Crippen LogP contribution in [-0.4, -0.2) is 63.1 Å². The van der Waals surface area contributed by atoms with E-state index in [0.717, 1.165) is 25.3 Å². The molecule has 1 aromatic carbocycles. The second-order valence-electron chi connectivity index (χ2n) is 5.36. The Morgan fingerprint density at radius 2 is 1.95 bits per heavy atom. The molecule has 2 aliphatic heterocycles. The Morgan fingerprint density at radius 1 is 1.15 bits per heavy atom. The Bertz CT molecular complexity index is 547. The summed E-state index contributed by atoms with van der Waals surface area (Å²) >= 11 is 0. The van der Waals surface area contributed by atoms with Crippen LogP contribution in [0.5, 0.6) is 0 Å². The van der Waals surface area contributed by atoms with E-state index in [-0.39, 0.29) is 11.8 Å². The maximum atomic E-state index is 12.5. The summed E-state index contributed by atoms with van der Waals surface area (Å²) in [5, 5.41) is 0. The van der Waals surface area contributed by atoms with Crippen molar-refractivity contribution < 1.29 is 13.2 Å². The Morgan fingerprint density at radius 3 is 2.75 bits per heavy atom. The molecule has 5 nitrogen and oxygen atoms in total. The van der Waals surface area contributed by atoms with Gasteiger partial charge in [-0.1, -0.05) is 30.3 Å². The van der Waals surface area contributed by atoms with Crippen LogP contribution in [0.1, 0.15) is 5.56 Å². The number of rotatable bonds is 3. The molecule has 0 amide bonds. The van der Waals surface area contributed by atoms with Gasteiger partial charge in [-0.3, -0.25) is 4.90 Å². The van der Waals surface area contributed by atoms with E-state index in [1.807, 2.05) is 30.3 Å². The Kier molecular flexibility index (Phi) is 4.07. The van der Waals surface area contributed by atoms with Gasteiger partial charge in [0, 0.05) is 32.2 Å². The molecule has 0 spiro atoms. The van der Waals surface area contributed by atoms with Crippen molar-refractivity contribution in [2.24, 2.45) is 0 Å². The standard InChI is InChI=1S/C14H20N2O3S/c17-20(18,12-13-4-2-1-3-5-13)16-7-6-15-8-9-19-11-14(15)10-16/h1-5,14H,6-12H2/t14-/m0/s1. The van der Waals surface area contributed by atoms with Crippen LogP contribution >= 0.6 is 0 Å². The minimum Gasteiger partial charge on any atom is -0.378 e. The van der Waals surface area contributed by atoms with Crippen LogP contribution in [0.3, 0.4) is 0 Å². The predicted octanol–water partition coefficient (Wildman–Crippen LogP) is 0.533. The van der Waals surface area contributed by atoms with Gasteiger partial charge in [0.1, 0.15) is 0 Å². The first kappa shape index (κ1) is 14.0. The number of ether oxygens (including phenoxy) is 1. The van der Waals surface area contributed by atoms with Crippen LogP contribution in [0.25, 0.3) is 0 Å². The van der Waals surface area contributed by atoms with Gasteiger partial charge in [0.15, 0.2) is 0 Å². The molecule has 3 rings (SSSR count). The number of hydrogen-bond donors (Lipinski definition) is 0. The number of nitrogens with zero attached hydrogens (tertiary/aromatic N) is 2. The highest BCUT2D eigenvalue weighted by atomic mass is 32.2. The molecule has 2 saturated heterocycles. The van der Waals surface area contributed by atoms with Gasteiger partial charge < -0.3 is 4.74 Å². The lowest BCUT2D eigenvalue weighted by Gasteiger charge is -2.43. The topological polar surface area (TPSA) is 49.9 Å². The van der Waals surface area contributed by atoms with E-state index in [9.17, 15) is 8.42 Å². The van der Waals surface area contributed by atoms with Crippen molar-refractivity contribution in [1.29, 1.82) is 0 Å². The van der Waals surface area contributed by atoms with Gasteiger partial charge in [0.2, 0.25) is 10.0 Å². The molecular weight excluding hydrogens is 276 g/mol. The predicted molar refractivity (Wildman–Crippen MR) is 76.8 cm³/mol. The van der Waals surface area contributed by atoms with Crippen LogP contribution < -0.4 is 0 Å². The summed E-state index contributed by atoms with van der Waals surface area (Å²) in [5.74, 6) is 0.0847. The minimum atomic E-state index is -3.24. The van der Waals surface area contributed by atoms with Crippen molar-refractivity contribution >= 4 is 10.0 Å². The minimum absolute atomic E-state index is 0.0847. The zero-order valence-electron chi connectivity index (χ0n) is 11.4. The number of hydrogen-bond acceptors (Lipinski definition) is 4. The molecule has 1 aromatic rings. The van der Waals surface area contributed by atoms with E-state index in [1.54, 1.807) is 4.31 Å². The fourth-order valence-electron chi connectivity index (χ4n) is 2.85. The van der Waals surface area contributed by atoms with Crippen molar-refractivity contribution in [1.82, 2.24) is 9.21 Å². The lowest BCUT2D eigenvalue weighted by atomic mass is 10.2. The molecule has 0 saturated carbocycles. The van der Waals surface area contributed by atoms with E-state index in [2.05, 4.69) is 4.90 Å². The summed E-state index contributed by atoms with van der Waals surface area (Å²) in [5.41, 5.74) is 0.842. The summed E-state index contributed by atoms with van der Waals surface area (Å²) < 4.78 is 32.1. The van der Waals surface area contributed by atoms with Gasteiger partial charge in [0.25, 0.3) is 0 Å². The van der Waals surface area contributed by atoms with Gasteiger partial charge in [-0.15, -0.1) is 0 Å². The average molecular weight is 296 g/mol. The average Bonchev–Trinajstić information content (AvgIpc) is 2.47. The molecule has 0 radical (unpaired) electrons. The van der Waals surface area contributed by atoms with Crippen LogP contribution in [0.4, 0.5) is 0 Å². The number of morpholine rings is 1. The zero-order valence-corrected chi connectivity index (χ0v) is 12.3. The van der Waals surface area contributed by atoms with Crippen molar-refractivity contribution in [3.8, 4) is 0 Å². The fourth-order valence-corrected chi connectivity index (χ4v) is 4.40. The summed E-state index contributed by atoms with van der Waals surface area (Å²) in [6.45, 7) is 4.25. The molecule has 2 fully saturated rings. The van der Waals surface area contributed by atoms with Gasteiger partial charge in [-0.2, -0.15) is 4.31 Å². The maximum absolute atomic E-state index is 12.5. The van der Waals surface area contributed by atoms with Crippen molar-refractivity contribution in [3.05, 3.63) is 35.9 Å². The first-order valence-corrected chi connectivity index (χ1v) is 8.59. The van der Waals surface area contributed by atoms with Gasteiger partial charge >= 0.3 is 0 Å². The first-order chi connectivity index (χ1) is 9.65. The summed E-state index contributed by atoms with van der Waals surface area (Å²) in [6, 6.07) is 9.57. The SMILES string of the molecule is O=S(=O)(Cc1ccccc1)N1CCN2CCOC[C@@H]2C1. The maximum Gasteiger partial charge on any atom is 0.218 e. The van der Waals surface area contributed by atoms with Crippen LogP contribution in [0.15, 0.2) is 30.3 Å². The molecule has 0 unspecified atom stereocenters. The highest BCUT2D eigenvalue weighted by molar-refractivity contribution is 7.88. The Hall–Kier alpha value is -0.950. The number of benzene rings is 1. The third kappa shape index (κ3) is 3.03. The van der Waals surface area contributed by atoms with Gasteiger partial charge in [0.05, 0.1) is 19.0 Å². The number of fused-ring (bicyclic) bond motifs is 1. The monoisotopic (exact) mass is 296 g/mol. The highest BCUT2D eigenvalue weighted by Gasteiger charge is 2.34. The summed E-state index contributed by atoms with van der Waals surface area (Å²) in [4.78, 5) is 2.33. The van der Waals surface area contributed by atoms with Crippen molar-refractivity contribution in [2.45, 2.75) is 11.8 Å². The van der Waals surface area contributed by atoms with E-state index in [1.165, 1.54) is 0 Å². The molecule has 1 atom stereocenters. The van der Waals surface area contributed by atoms with E-state index < -0.39 is 10.0 Å². The molecule has 0 N–H and O–H groups in total. The Balaban J connectivity index is 1.69. The fraction of sp³-hybridized carbons (Fsp3) is 0.571. The lowest BCUT2D eigenvalue weighted by molar-refractivity contribution is -0.0305. The molecule has 20 heavy (non-hydrogen) atoms. The summed E-state index contributed by atoms with van der Waals surface area (Å²) in [6.07, 6.45) is 0. The molecule has 6 heteroatoms. The first-order valence-electron chi connectivity index (χ1n) is 6.99. The van der Waals surface area contributed by atoms with Gasteiger partial charge in [-0.25, -0.2) is 8.42 Å². The number of piperazine rings is 1. The van der Waals surface area contributed by atoms with Gasteiger partial charge in [-0.05, 0) is 5.56 Å². The Labute approximate surface area is 120 Å². The molecule has 2 heterocycles. The molecule has 0 bridgehead atoms. The normalized spacial score (nSPS) is 25.3. The molecule has 2 aliphatic rings. The molecule has 0 aromatic heterocycles. The van der Waals surface area contributed by atoms with Crippen molar-refractivity contribution in [2.75, 3.05) is 39.4 Å². The van der Waals surface area contributed by atoms with Crippen LogP contribution in [-0.2, 0) is 20.5 Å². The second-order valence-corrected chi connectivity index (χ2v) is 7.33. The van der Waals surface area contributed by atoms with E-state index in [0.29, 0.717) is 19.7 Å². The van der Waals surface area contributed by atoms with Crippen LogP contribution in [0.2, 0.25) is 0 Å². The zero-order chi connectivity index (χ0) is 14.0. The third-order valence-electron chi connectivity index (χ3n) is 3.99. The second kappa shape index (κ2) is 5.81. The highest BCUT2D eigenvalue weighted by Crippen LogP contribution is 2.18. The van der Waals surface area contributed by atoms with Crippen LogP contribution in [0, 0.1) is 0 Å². The van der Waals surface area contributed by atoms with Crippen molar-refractivity contribution in [3.63, 3.8) is 0 Å². The molecule has 110 valence electrons. The van der Waals surface area contributed by atoms with E-state index in [4.69, 9.17) is 4.74 Å².